The lowest BCUT2D eigenvalue weighted by molar-refractivity contribution is -0.114. The first-order chi connectivity index (χ1) is 14.0. The molecule has 0 saturated carbocycles. The van der Waals surface area contributed by atoms with Gasteiger partial charge in [-0.25, -0.2) is 0 Å². The number of rotatable bonds is 3. The molecule has 0 spiro atoms. The average Bonchev–Trinajstić information content (AvgIpc) is 3.08. The molecular weight excluding hydrogens is 388 g/mol. The number of benzene rings is 3. The van der Waals surface area contributed by atoms with E-state index in [1.54, 1.807) is 24.3 Å². The zero-order chi connectivity index (χ0) is 20.4. The predicted octanol–water partition coefficient (Wildman–Crippen LogP) is 4.07. The van der Waals surface area contributed by atoms with Crippen LogP contribution in [0.1, 0.15) is 17.3 Å². The molecule has 8 heteroatoms. The van der Waals surface area contributed by atoms with Crippen LogP contribution < -0.4 is 16.0 Å². The molecule has 0 radical (unpaired) electrons. The minimum Gasteiger partial charge on any atom is -0.423 e. The van der Waals surface area contributed by atoms with Gasteiger partial charge >= 0.3 is 6.01 Å². The van der Waals surface area contributed by atoms with E-state index < -0.39 is 0 Å². The molecule has 0 fully saturated rings. The number of amides is 2. The van der Waals surface area contributed by atoms with Crippen LogP contribution >= 0.6 is 12.2 Å². The summed E-state index contributed by atoms with van der Waals surface area (Å²) in [6.07, 6.45) is 0. The number of hydrogen-bond donors (Lipinski definition) is 3. The highest BCUT2D eigenvalue weighted by Crippen LogP contribution is 2.23. The Labute approximate surface area is 171 Å². The lowest BCUT2D eigenvalue weighted by Gasteiger charge is -2.09. The standard InChI is InChI=1S/C21H16N4O3S/c1-12(26)22-14-9-10-17-18(11-14)28-20(23-17)25-21(29)24-19(27)16-8-4-6-13-5-2-3-7-15(13)16/h2-11H,1H3,(H,22,26)(H2,23,24,25,27,29). The van der Waals surface area contributed by atoms with Crippen molar-refractivity contribution in [1.29, 1.82) is 0 Å². The molecule has 1 aromatic heterocycles. The van der Waals surface area contributed by atoms with Gasteiger partial charge in [-0.3, -0.25) is 20.2 Å². The molecule has 29 heavy (non-hydrogen) atoms. The van der Waals surface area contributed by atoms with Gasteiger partial charge in [-0.15, -0.1) is 0 Å². The third-order valence-corrected chi connectivity index (χ3v) is 4.39. The number of nitrogens with zero attached hydrogens (tertiary/aromatic N) is 1. The van der Waals surface area contributed by atoms with Crippen molar-refractivity contribution in [2.45, 2.75) is 6.92 Å². The third kappa shape index (κ3) is 4.07. The number of anilines is 2. The van der Waals surface area contributed by atoms with Gasteiger partial charge < -0.3 is 9.73 Å². The molecule has 3 aromatic carbocycles. The Morgan fingerprint density at radius 1 is 1.00 bits per heavy atom. The highest BCUT2D eigenvalue weighted by atomic mass is 32.1. The quantitative estimate of drug-likeness (QED) is 0.446. The minimum absolute atomic E-state index is 0.0663. The molecule has 2 amide bonds. The molecule has 4 rings (SSSR count). The van der Waals surface area contributed by atoms with E-state index in [4.69, 9.17) is 16.6 Å². The fraction of sp³-hybridized carbons (Fsp3) is 0.0476. The van der Waals surface area contributed by atoms with E-state index in [9.17, 15) is 9.59 Å². The van der Waals surface area contributed by atoms with Gasteiger partial charge in [0.2, 0.25) is 5.91 Å². The molecule has 0 atom stereocenters. The molecular formula is C21H16N4O3S. The van der Waals surface area contributed by atoms with Gasteiger partial charge in [0.05, 0.1) is 0 Å². The SMILES string of the molecule is CC(=O)Nc1ccc2nc(NC(=S)NC(=O)c3cccc4ccccc34)oc2c1. The van der Waals surface area contributed by atoms with Gasteiger partial charge in [0, 0.05) is 24.2 Å². The summed E-state index contributed by atoms with van der Waals surface area (Å²) in [4.78, 5) is 28.1. The smallest absolute Gasteiger partial charge is 0.302 e. The Balaban J connectivity index is 1.49. The second-order valence-electron chi connectivity index (χ2n) is 6.32. The first-order valence-electron chi connectivity index (χ1n) is 8.78. The summed E-state index contributed by atoms with van der Waals surface area (Å²) in [6.45, 7) is 1.43. The number of nitrogens with one attached hydrogen (secondary N) is 3. The molecule has 144 valence electrons. The Bertz CT molecular complexity index is 1260. The van der Waals surface area contributed by atoms with Gasteiger partial charge in [-0.1, -0.05) is 36.4 Å². The maximum Gasteiger partial charge on any atom is 0.302 e. The first-order valence-corrected chi connectivity index (χ1v) is 9.19. The highest BCUT2D eigenvalue weighted by molar-refractivity contribution is 7.80. The second kappa shape index (κ2) is 7.69. The van der Waals surface area contributed by atoms with Crippen LogP contribution in [0.15, 0.2) is 65.1 Å². The summed E-state index contributed by atoms with van der Waals surface area (Å²) in [5.41, 5.74) is 2.18. The normalized spacial score (nSPS) is 10.7. The van der Waals surface area contributed by atoms with E-state index in [0.717, 1.165) is 10.8 Å². The number of fused-ring (bicyclic) bond motifs is 2. The van der Waals surface area contributed by atoms with Crippen molar-refractivity contribution in [2.24, 2.45) is 0 Å². The molecule has 0 unspecified atom stereocenters. The van der Waals surface area contributed by atoms with Crippen molar-refractivity contribution >= 4 is 62.7 Å². The lowest BCUT2D eigenvalue weighted by atomic mass is 10.0. The molecule has 1 heterocycles. The largest absolute Gasteiger partial charge is 0.423 e. The van der Waals surface area contributed by atoms with E-state index in [2.05, 4.69) is 20.9 Å². The number of aromatic nitrogens is 1. The minimum atomic E-state index is -0.330. The number of hydrogen-bond acceptors (Lipinski definition) is 5. The van der Waals surface area contributed by atoms with Gasteiger partial charge in [-0.2, -0.15) is 4.98 Å². The van der Waals surface area contributed by atoms with E-state index in [-0.39, 0.29) is 22.9 Å². The number of carbonyl (C=O) groups excluding carboxylic acids is 2. The predicted molar refractivity (Wildman–Crippen MR) is 116 cm³/mol. The Morgan fingerprint density at radius 3 is 2.62 bits per heavy atom. The van der Waals surface area contributed by atoms with Gasteiger partial charge in [-0.05, 0) is 41.2 Å². The van der Waals surface area contributed by atoms with Crippen molar-refractivity contribution in [3.63, 3.8) is 0 Å². The van der Waals surface area contributed by atoms with Gasteiger partial charge in [0.15, 0.2) is 10.7 Å². The molecule has 7 nitrogen and oxygen atoms in total. The van der Waals surface area contributed by atoms with E-state index in [1.165, 1.54) is 6.92 Å². The molecule has 4 aromatic rings. The van der Waals surface area contributed by atoms with Crippen LogP contribution in [0, 0.1) is 0 Å². The lowest BCUT2D eigenvalue weighted by Crippen LogP contribution is -2.34. The van der Waals surface area contributed by atoms with Gasteiger partial charge in [0.25, 0.3) is 5.91 Å². The fourth-order valence-corrected chi connectivity index (χ4v) is 3.16. The summed E-state index contributed by atoms with van der Waals surface area (Å²) in [5.74, 6) is -0.511. The topological polar surface area (TPSA) is 96.3 Å². The number of thiocarbonyl (C=S) groups is 1. The summed E-state index contributed by atoms with van der Waals surface area (Å²) in [7, 11) is 0. The Morgan fingerprint density at radius 2 is 1.79 bits per heavy atom. The number of carbonyl (C=O) groups is 2. The van der Waals surface area contributed by atoms with E-state index in [1.807, 2.05) is 36.4 Å². The van der Waals surface area contributed by atoms with Crippen LogP contribution in [0.4, 0.5) is 11.7 Å². The summed E-state index contributed by atoms with van der Waals surface area (Å²) >= 11 is 5.22. The van der Waals surface area contributed by atoms with Crippen LogP contribution in [-0.4, -0.2) is 21.9 Å². The molecule has 0 aliphatic carbocycles. The van der Waals surface area contributed by atoms with Gasteiger partial charge in [0.1, 0.15) is 5.52 Å². The molecule has 0 bridgehead atoms. The summed E-state index contributed by atoms with van der Waals surface area (Å²) in [5, 5.41) is 9.96. The maximum absolute atomic E-state index is 12.6. The van der Waals surface area contributed by atoms with E-state index >= 15 is 0 Å². The number of oxazole rings is 1. The molecule has 0 aliphatic rings. The van der Waals surface area contributed by atoms with Crippen molar-refractivity contribution < 1.29 is 14.0 Å². The van der Waals surface area contributed by atoms with Crippen LogP contribution in [-0.2, 0) is 4.79 Å². The van der Waals surface area contributed by atoms with Crippen molar-refractivity contribution in [3.8, 4) is 0 Å². The highest BCUT2D eigenvalue weighted by Gasteiger charge is 2.13. The maximum atomic E-state index is 12.6. The monoisotopic (exact) mass is 404 g/mol. The fourth-order valence-electron chi connectivity index (χ4n) is 2.98. The van der Waals surface area contributed by atoms with Crippen LogP contribution in [0.5, 0.6) is 0 Å². The van der Waals surface area contributed by atoms with Crippen LogP contribution in [0.3, 0.4) is 0 Å². The van der Waals surface area contributed by atoms with Crippen molar-refractivity contribution in [1.82, 2.24) is 10.3 Å². The average molecular weight is 404 g/mol. The summed E-state index contributed by atoms with van der Waals surface area (Å²) in [6, 6.07) is 18.4. The second-order valence-corrected chi connectivity index (χ2v) is 6.73. The first kappa shape index (κ1) is 18.6. The molecule has 0 aliphatic heterocycles. The third-order valence-electron chi connectivity index (χ3n) is 4.19. The Hall–Kier alpha value is -3.78. The summed E-state index contributed by atoms with van der Waals surface area (Å²) < 4.78 is 5.61. The van der Waals surface area contributed by atoms with Crippen LogP contribution in [0.2, 0.25) is 0 Å². The van der Waals surface area contributed by atoms with Crippen molar-refractivity contribution in [3.05, 3.63) is 66.2 Å². The van der Waals surface area contributed by atoms with Crippen LogP contribution in [0.25, 0.3) is 21.9 Å². The molecule has 3 N–H and O–H groups in total. The zero-order valence-electron chi connectivity index (χ0n) is 15.4. The molecule has 0 saturated heterocycles. The zero-order valence-corrected chi connectivity index (χ0v) is 16.2. The van der Waals surface area contributed by atoms with Crippen molar-refractivity contribution in [2.75, 3.05) is 10.6 Å². The van der Waals surface area contributed by atoms with E-state index in [0.29, 0.717) is 22.4 Å². The Kier molecular flexibility index (Phi) is 4.92.